The molecular formula is C23H29Cl2N3O3. The number of carbonyl (C=O) groups excluding carboxylic acids is 2. The lowest BCUT2D eigenvalue weighted by molar-refractivity contribution is -0.124. The highest BCUT2D eigenvalue weighted by Crippen LogP contribution is 2.23. The van der Waals surface area contributed by atoms with Crippen LogP contribution in [0.3, 0.4) is 0 Å². The van der Waals surface area contributed by atoms with E-state index in [-0.39, 0.29) is 28.5 Å². The second kappa shape index (κ2) is 11.4. The van der Waals surface area contributed by atoms with Gasteiger partial charge < -0.3 is 20.3 Å². The summed E-state index contributed by atoms with van der Waals surface area (Å²) in [5.74, 6) is -0.0526. The average Bonchev–Trinajstić information content (AvgIpc) is 2.71. The van der Waals surface area contributed by atoms with Gasteiger partial charge in [0.2, 0.25) is 5.91 Å². The number of hydrogen-bond donors (Lipinski definition) is 2. The van der Waals surface area contributed by atoms with Crippen molar-refractivity contribution in [3.63, 3.8) is 0 Å². The van der Waals surface area contributed by atoms with Gasteiger partial charge in [-0.1, -0.05) is 49.2 Å². The lowest BCUT2D eigenvalue weighted by Crippen LogP contribution is -2.51. The van der Waals surface area contributed by atoms with E-state index in [0.29, 0.717) is 11.6 Å². The van der Waals surface area contributed by atoms with Gasteiger partial charge in [0.05, 0.1) is 23.7 Å². The van der Waals surface area contributed by atoms with Crippen molar-refractivity contribution >= 4 is 35.0 Å². The summed E-state index contributed by atoms with van der Waals surface area (Å²) in [6.45, 7) is 4.12. The molecule has 0 radical (unpaired) electrons. The number of nitrogens with zero attached hydrogens (tertiary/aromatic N) is 1. The molecule has 2 amide bonds. The summed E-state index contributed by atoms with van der Waals surface area (Å²) in [4.78, 5) is 27.7. The molecule has 0 unspecified atom stereocenters. The first kappa shape index (κ1) is 25.0. The molecular weight excluding hydrogens is 437 g/mol. The number of methoxy groups -OCH3 is 1. The van der Waals surface area contributed by atoms with Crippen LogP contribution in [-0.4, -0.2) is 50.5 Å². The zero-order chi connectivity index (χ0) is 23.1. The maximum atomic E-state index is 12.9. The molecule has 2 aromatic carbocycles. The van der Waals surface area contributed by atoms with Crippen molar-refractivity contribution in [2.45, 2.75) is 25.9 Å². The summed E-state index contributed by atoms with van der Waals surface area (Å²) in [5, 5.41) is 6.44. The lowest BCUT2D eigenvalue weighted by Gasteiger charge is -2.27. The third-order valence-electron chi connectivity index (χ3n) is 4.98. The smallest absolute Gasteiger partial charge is 0.253 e. The quantitative estimate of drug-likeness (QED) is 0.582. The van der Waals surface area contributed by atoms with Crippen molar-refractivity contribution in [3.05, 3.63) is 63.6 Å². The van der Waals surface area contributed by atoms with Crippen molar-refractivity contribution in [2.75, 3.05) is 27.7 Å². The molecule has 0 saturated heterocycles. The third-order valence-corrected chi connectivity index (χ3v) is 5.53. The van der Waals surface area contributed by atoms with E-state index in [4.69, 9.17) is 27.9 Å². The molecule has 2 N–H and O–H groups in total. The van der Waals surface area contributed by atoms with Crippen molar-refractivity contribution in [1.29, 1.82) is 0 Å². The fraction of sp³-hybridized carbons (Fsp3) is 0.391. The predicted octanol–water partition coefficient (Wildman–Crippen LogP) is 4.18. The number of hydrogen-bond acceptors (Lipinski definition) is 4. The van der Waals surface area contributed by atoms with Crippen LogP contribution < -0.4 is 15.4 Å². The van der Waals surface area contributed by atoms with Crippen LogP contribution in [0.5, 0.6) is 5.75 Å². The zero-order valence-electron chi connectivity index (χ0n) is 18.4. The first-order chi connectivity index (χ1) is 14.6. The number of ether oxygens (including phenoxy) is 1. The molecule has 8 heteroatoms. The first-order valence-electron chi connectivity index (χ1n) is 9.98. The van der Waals surface area contributed by atoms with Gasteiger partial charge in [-0.25, -0.2) is 0 Å². The van der Waals surface area contributed by atoms with Crippen molar-refractivity contribution in [1.82, 2.24) is 15.5 Å². The number of rotatable bonds is 9. The Balaban J connectivity index is 2.11. The summed E-state index contributed by atoms with van der Waals surface area (Å²) in [6, 6.07) is 11.6. The van der Waals surface area contributed by atoms with Crippen molar-refractivity contribution < 1.29 is 14.3 Å². The summed E-state index contributed by atoms with van der Waals surface area (Å²) in [6.07, 6.45) is 0. The van der Waals surface area contributed by atoms with Gasteiger partial charge in [-0.3, -0.25) is 9.59 Å². The Morgan fingerprint density at radius 3 is 2.39 bits per heavy atom. The van der Waals surface area contributed by atoms with E-state index >= 15 is 0 Å². The fourth-order valence-electron chi connectivity index (χ4n) is 3.18. The molecule has 2 aromatic rings. The van der Waals surface area contributed by atoms with Gasteiger partial charge in [-0.15, -0.1) is 0 Å². The Morgan fingerprint density at radius 1 is 1.10 bits per heavy atom. The van der Waals surface area contributed by atoms with Gasteiger partial charge in [0.1, 0.15) is 11.8 Å². The second-order valence-electron chi connectivity index (χ2n) is 7.82. The van der Waals surface area contributed by atoms with Crippen LogP contribution >= 0.6 is 23.2 Å². The van der Waals surface area contributed by atoms with Crippen LogP contribution in [-0.2, 0) is 4.79 Å². The molecule has 2 rings (SSSR count). The molecule has 0 aliphatic heterocycles. The minimum atomic E-state index is -0.715. The Morgan fingerprint density at radius 2 is 1.81 bits per heavy atom. The number of nitrogens with one attached hydrogen (secondary N) is 2. The summed E-state index contributed by atoms with van der Waals surface area (Å²) >= 11 is 12.0. The maximum Gasteiger partial charge on any atom is 0.253 e. The number of benzene rings is 2. The normalized spacial score (nSPS) is 13.1. The van der Waals surface area contributed by atoms with Crippen molar-refractivity contribution in [3.8, 4) is 5.75 Å². The molecule has 168 valence electrons. The van der Waals surface area contributed by atoms with Crippen molar-refractivity contribution in [2.24, 2.45) is 5.92 Å². The van der Waals surface area contributed by atoms with E-state index in [2.05, 4.69) is 10.6 Å². The monoisotopic (exact) mass is 465 g/mol. The maximum absolute atomic E-state index is 12.9. The molecule has 0 heterocycles. The van der Waals surface area contributed by atoms with Crippen LogP contribution in [0.4, 0.5) is 0 Å². The number of halogens is 2. The first-order valence-corrected chi connectivity index (χ1v) is 10.7. The van der Waals surface area contributed by atoms with Crippen LogP contribution in [0, 0.1) is 5.92 Å². The van der Waals surface area contributed by atoms with E-state index in [1.165, 1.54) is 6.07 Å². The molecule has 6 nitrogen and oxygen atoms in total. The Labute approximate surface area is 193 Å². The Kier molecular flexibility index (Phi) is 9.16. The van der Waals surface area contributed by atoms with Crippen LogP contribution in [0.25, 0.3) is 0 Å². The van der Waals surface area contributed by atoms with Gasteiger partial charge in [0.25, 0.3) is 5.91 Å². The molecule has 0 aliphatic rings. The zero-order valence-corrected chi connectivity index (χ0v) is 19.9. The van der Waals surface area contributed by atoms with Crippen LogP contribution in [0.15, 0.2) is 42.5 Å². The average molecular weight is 466 g/mol. The van der Waals surface area contributed by atoms with E-state index in [1.54, 1.807) is 19.2 Å². The molecule has 0 bridgehead atoms. The molecule has 0 saturated carbocycles. The summed E-state index contributed by atoms with van der Waals surface area (Å²) < 4.78 is 5.31. The van der Waals surface area contributed by atoms with E-state index in [0.717, 1.165) is 11.3 Å². The Bertz CT molecular complexity index is 919. The van der Waals surface area contributed by atoms with E-state index < -0.39 is 11.9 Å². The highest BCUT2D eigenvalue weighted by Gasteiger charge is 2.26. The van der Waals surface area contributed by atoms with Gasteiger partial charge in [-0.05, 0) is 55.9 Å². The van der Waals surface area contributed by atoms with E-state index in [1.807, 2.05) is 57.1 Å². The largest absolute Gasteiger partial charge is 0.497 e. The molecule has 2 atom stereocenters. The third kappa shape index (κ3) is 6.86. The number of amides is 2. The van der Waals surface area contributed by atoms with Gasteiger partial charge in [0, 0.05) is 11.6 Å². The predicted molar refractivity (Wildman–Crippen MR) is 125 cm³/mol. The molecule has 0 spiro atoms. The molecule has 0 aliphatic carbocycles. The van der Waals surface area contributed by atoms with Gasteiger partial charge >= 0.3 is 0 Å². The number of carbonyl (C=O) groups is 2. The topological polar surface area (TPSA) is 70.7 Å². The van der Waals surface area contributed by atoms with Crippen LogP contribution in [0.2, 0.25) is 10.0 Å². The highest BCUT2D eigenvalue weighted by molar-refractivity contribution is 6.36. The Hall–Kier alpha value is -2.28. The molecule has 31 heavy (non-hydrogen) atoms. The minimum Gasteiger partial charge on any atom is -0.497 e. The lowest BCUT2D eigenvalue weighted by atomic mass is 10.0. The SMILES string of the molecule is COc1cccc([C@H](CNC(=O)[C@@H](NC(=O)c2ccc(Cl)cc2Cl)C(C)C)N(C)C)c1. The summed E-state index contributed by atoms with van der Waals surface area (Å²) in [7, 11) is 5.51. The van der Waals surface area contributed by atoms with Gasteiger partial charge in [-0.2, -0.15) is 0 Å². The van der Waals surface area contributed by atoms with Crippen LogP contribution in [0.1, 0.15) is 35.8 Å². The highest BCUT2D eigenvalue weighted by atomic mass is 35.5. The molecule has 0 fully saturated rings. The fourth-order valence-corrected chi connectivity index (χ4v) is 3.68. The minimum absolute atomic E-state index is 0.0618. The standard InChI is InChI=1S/C23H29Cl2N3O3/c1-14(2)21(27-22(29)18-10-9-16(24)12-19(18)25)23(30)26-13-20(28(3)4)15-7-6-8-17(11-15)31-5/h6-12,14,20-21H,13H2,1-5H3,(H,26,30)(H,27,29)/t20-,21-/m0/s1. The second-order valence-corrected chi connectivity index (χ2v) is 8.66. The van der Waals surface area contributed by atoms with E-state index in [9.17, 15) is 9.59 Å². The summed E-state index contributed by atoms with van der Waals surface area (Å²) in [5.41, 5.74) is 1.29. The number of likely N-dealkylation sites (N-methyl/N-ethyl adjacent to an activating group) is 1. The van der Waals surface area contributed by atoms with Gasteiger partial charge in [0.15, 0.2) is 0 Å². The molecule has 0 aromatic heterocycles.